The zero-order chi connectivity index (χ0) is 14.8. The Labute approximate surface area is 117 Å². The second-order valence-corrected chi connectivity index (χ2v) is 5.64. The monoisotopic (exact) mass is 281 g/mol. The Balaban J connectivity index is 2.13. The van der Waals surface area contributed by atoms with Crippen LogP contribution in [0.25, 0.3) is 0 Å². The fourth-order valence-electron chi connectivity index (χ4n) is 1.96. The van der Waals surface area contributed by atoms with Gasteiger partial charge in [-0.2, -0.15) is 0 Å². The van der Waals surface area contributed by atoms with E-state index in [-0.39, 0.29) is 12.4 Å². The Bertz CT molecular complexity index is 474. The number of carbonyl (C=O) groups excluding carboxylic acids is 2. The van der Waals surface area contributed by atoms with Gasteiger partial charge in [0.05, 0.1) is 25.0 Å². The largest absolute Gasteiger partial charge is 0.472 e. The van der Waals surface area contributed by atoms with E-state index in [0.717, 1.165) is 0 Å². The molecule has 6 nitrogen and oxygen atoms in total. The van der Waals surface area contributed by atoms with Gasteiger partial charge in [-0.25, -0.2) is 4.79 Å². The smallest absolute Gasteiger partial charge is 0.411 e. The first-order valence-electron chi connectivity index (χ1n) is 6.52. The van der Waals surface area contributed by atoms with E-state index < -0.39 is 17.7 Å². The number of nitrogens with zero attached hydrogens (tertiary/aromatic N) is 1. The molecule has 110 valence electrons. The molecular formula is C14H19NO5. The molecule has 1 amide bonds. The molecule has 0 bridgehead atoms. The molecule has 0 saturated carbocycles. The minimum absolute atomic E-state index is 0.170. The highest BCUT2D eigenvalue weighted by Gasteiger charge is 2.36. The third kappa shape index (κ3) is 3.39. The quantitative estimate of drug-likeness (QED) is 0.776. The molecule has 1 aromatic heterocycles. The summed E-state index contributed by atoms with van der Waals surface area (Å²) >= 11 is 0. The van der Waals surface area contributed by atoms with Gasteiger partial charge in [-0.1, -0.05) is 0 Å². The second kappa shape index (κ2) is 5.66. The lowest BCUT2D eigenvalue weighted by atomic mass is 10.1. The van der Waals surface area contributed by atoms with Crippen molar-refractivity contribution in [2.24, 2.45) is 0 Å². The highest BCUT2D eigenvalue weighted by Crippen LogP contribution is 2.18. The zero-order valence-electron chi connectivity index (χ0n) is 11.9. The van der Waals surface area contributed by atoms with Gasteiger partial charge in [-0.3, -0.25) is 9.69 Å². The summed E-state index contributed by atoms with van der Waals surface area (Å²) in [6, 6.07) is 0.903. The van der Waals surface area contributed by atoms with Crippen LogP contribution in [0.1, 0.15) is 31.1 Å². The minimum atomic E-state index is -0.670. The van der Waals surface area contributed by atoms with E-state index in [1.807, 2.05) is 0 Å². The average Bonchev–Trinajstić information content (AvgIpc) is 2.89. The molecule has 20 heavy (non-hydrogen) atoms. The van der Waals surface area contributed by atoms with Crippen molar-refractivity contribution in [3.63, 3.8) is 0 Å². The summed E-state index contributed by atoms with van der Waals surface area (Å²) in [4.78, 5) is 25.9. The van der Waals surface area contributed by atoms with Crippen molar-refractivity contribution in [3.05, 3.63) is 24.2 Å². The lowest BCUT2D eigenvalue weighted by Gasteiger charge is -2.35. The predicted octanol–water partition coefficient (Wildman–Crippen LogP) is 2.10. The van der Waals surface area contributed by atoms with Crippen molar-refractivity contribution in [3.8, 4) is 0 Å². The van der Waals surface area contributed by atoms with Crippen molar-refractivity contribution in [2.75, 3.05) is 19.8 Å². The number of hydrogen-bond acceptors (Lipinski definition) is 5. The lowest BCUT2D eigenvalue weighted by molar-refractivity contribution is -0.0265. The molecule has 1 unspecified atom stereocenters. The maximum Gasteiger partial charge on any atom is 0.411 e. The number of carbonyl (C=O) groups is 2. The first-order chi connectivity index (χ1) is 9.38. The lowest BCUT2D eigenvalue weighted by Crippen LogP contribution is -2.53. The minimum Gasteiger partial charge on any atom is -0.472 e. The summed E-state index contributed by atoms with van der Waals surface area (Å²) in [5, 5.41) is 0. The van der Waals surface area contributed by atoms with Crippen molar-refractivity contribution in [1.82, 2.24) is 4.90 Å². The Morgan fingerprint density at radius 3 is 2.75 bits per heavy atom. The number of rotatable bonds is 2. The van der Waals surface area contributed by atoms with Gasteiger partial charge in [-0.05, 0) is 26.8 Å². The van der Waals surface area contributed by atoms with Crippen LogP contribution in [0.3, 0.4) is 0 Å². The molecular weight excluding hydrogens is 262 g/mol. The summed E-state index contributed by atoms with van der Waals surface area (Å²) in [7, 11) is 0. The molecule has 1 aliphatic rings. The van der Waals surface area contributed by atoms with Crippen LogP contribution < -0.4 is 0 Å². The van der Waals surface area contributed by atoms with Crippen LogP contribution in [0.15, 0.2) is 23.0 Å². The molecule has 1 saturated heterocycles. The zero-order valence-corrected chi connectivity index (χ0v) is 11.9. The maximum atomic E-state index is 12.4. The number of ether oxygens (including phenoxy) is 2. The SMILES string of the molecule is CC(C)(C)OC(=O)N1CCOCC1C(=O)c1ccoc1. The van der Waals surface area contributed by atoms with Crippen LogP contribution in [-0.2, 0) is 9.47 Å². The van der Waals surface area contributed by atoms with Gasteiger partial charge in [-0.15, -0.1) is 0 Å². The number of furan rings is 1. The van der Waals surface area contributed by atoms with Gasteiger partial charge in [0.2, 0.25) is 0 Å². The number of ketones is 1. The van der Waals surface area contributed by atoms with E-state index >= 15 is 0 Å². The van der Waals surface area contributed by atoms with E-state index in [4.69, 9.17) is 13.9 Å². The molecule has 0 N–H and O–H groups in total. The fourth-order valence-corrected chi connectivity index (χ4v) is 1.96. The van der Waals surface area contributed by atoms with Crippen LogP contribution >= 0.6 is 0 Å². The van der Waals surface area contributed by atoms with E-state index in [1.54, 1.807) is 26.8 Å². The molecule has 2 rings (SSSR count). The summed E-state index contributed by atoms with van der Waals surface area (Å²) in [5.74, 6) is -0.204. The highest BCUT2D eigenvalue weighted by atomic mass is 16.6. The maximum absolute atomic E-state index is 12.4. The third-order valence-corrected chi connectivity index (χ3v) is 2.86. The van der Waals surface area contributed by atoms with Gasteiger partial charge < -0.3 is 13.9 Å². The van der Waals surface area contributed by atoms with Crippen molar-refractivity contribution < 1.29 is 23.5 Å². The Morgan fingerprint density at radius 1 is 1.40 bits per heavy atom. The number of hydrogen-bond donors (Lipinski definition) is 0. The van der Waals surface area contributed by atoms with Gasteiger partial charge in [0.25, 0.3) is 0 Å². The fraction of sp³-hybridized carbons (Fsp3) is 0.571. The van der Waals surface area contributed by atoms with E-state index in [2.05, 4.69) is 0 Å². The highest BCUT2D eigenvalue weighted by molar-refractivity contribution is 6.01. The third-order valence-electron chi connectivity index (χ3n) is 2.86. The second-order valence-electron chi connectivity index (χ2n) is 5.64. The molecule has 6 heteroatoms. The molecule has 1 fully saturated rings. The van der Waals surface area contributed by atoms with Crippen LogP contribution in [-0.4, -0.2) is 48.2 Å². The van der Waals surface area contributed by atoms with Crippen LogP contribution in [0, 0.1) is 0 Å². The molecule has 0 aliphatic carbocycles. The van der Waals surface area contributed by atoms with Crippen LogP contribution in [0.5, 0.6) is 0 Å². The molecule has 1 atom stereocenters. The first kappa shape index (κ1) is 14.6. The Morgan fingerprint density at radius 2 is 2.15 bits per heavy atom. The van der Waals surface area contributed by atoms with Crippen molar-refractivity contribution in [1.29, 1.82) is 0 Å². The normalized spacial score (nSPS) is 19.8. The molecule has 0 radical (unpaired) electrons. The van der Waals surface area contributed by atoms with E-state index in [1.165, 1.54) is 17.4 Å². The summed E-state index contributed by atoms with van der Waals surface area (Å²) in [6.45, 7) is 6.27. The van der Waals surface area contributed by atoms with Crippen LogP contribution in [0.2, 0.25) is 0 Å². The van der Waals surface area contributed by atoms with Crippen molar-refractivity contribution in [2.45, 2.75) is 32.4 Å². The number of Topliss-reactive ketones (excluding diaryl/α,β-unsaturated/α-hetero) is 1. The van der Waals surface area contributed by atoms with E-state index in [9.17, 15) is 9.59 Å². The average molecular weight is 281 g/mol. The molecule has 1 aromatic rings. The van der Waals surface area contributed by atoms with Crippen molar-refractivity contribution >= 4 is 11.9 Å². The molecule has 2 heterocycles. The van der Waals surface area contributed by atoms with Gasteiger partial charge >= 0.3 is 6.09 Å². The molecule has 0 spiro atoms. The predicted molar refractivity (Wildman–Crippen MR) is 70.6 cm³/mol. The Hall–Kier alpha value is -1.82. The number of amides is 1. The topological polar surface area (TPSA) is 69.0 Å². The molecule has 0 aromatic carbocycles. The van der Waals surface area contributed by atoms with Crippen LogP contribution in [0.4, 0.5) is 4.79 Å². The first-order valence-corrected chi connectivity index (χ1v) is 6.52. The summed E-state index contributed by atoms with van der Waals surface area (Å²) in [5.41, 5.74) is -0.174. The molecule has 1 aliphatic heterocycles. The van der Waals surface area contributed by atoms with E-state index in [0.29, 0.717) is 18.7 Å². The summed E-state index contributed by atoms with van der Waals surface area (Å²) in [6.07, 6.45) is 2.29. The Kier molecular flexibility index (Phi) is 4.13. The standard InChI is InChI=1S/C14H19NO5/c1-14(2,3)20-13(17)15-5-7-19-9-11(15)12(16)10-4-6-18-8-10/h4,6,8,11H,5,7,9H2,1-3H3. The summed E-state index contributed by atoms with van der Waals surface area (Å²) < 4.78 is 15.5. The number of morpholine rings is 1. The van der Waals surface area contributed by atoms with Gasteiger partial charge in [0.15, 0.2) is 5.78 Å². The van der Waals surface area contributed by atoms with Gasteiger partial charge in [0.1, 0.15) is 17.9 Å². The van der Waals surface area contributed by atoms with Gasteiger partial charge in [0, 0.05) is 6.54 Å².